The summed E-state index contributed by atoms with van der Waals surface area (Å²) in [4.78, 5) is 31.0. The predicted octanol–water partition coefficient (Wildman–Crippen LogP) is 4.95. The molecule has 33 heavy (non-hydrogen) atoms. The number of carbonyl (C=O) groups is 2. The van der Waals surface area contributed by atoms with E-state index in [1.807, 2.05) is 50.2 Å². The van der Waals surface area contributed by atoms with Crippen LogP contribution >= 0.6 is 11.3 Å². The van der Waals surface area contributed by atoms with Gasteiger partial charge in [-0.05, 0) is 49.7 Å². The van der Waals surface area contributed by atoms with Crippen LogP contribution in [0.3, 0.4) is 0 Å². The highest BCUT2D eigenvalue weighted by Gasteiger charge is 2.21. The van der Waals surface area contributed by atoms with Crippen molar-refractivity contribution in [3.05, 3.63) is 70.1 Å². The molecule has 7 nitrogen and oxygen atoms in total. The third-order valence-corrected chi connectivity index (χ3v) is 6.62. The van der Waals surface area contributed by atoms with Crippen LogP contribution in [0.2, 0.25) is 0 Å². The minimum atomic E-state index is -0.572. The number of nitrogens with zero attached hydrogens (tertiary/aromatic N) is 1. The fourth-order valence-corrected chi connectivity index (χ4v) is 4.75. The molecule has 8 heteroatoms. The number of primary amides is 1. The van der Waals surface area contributed by atoms with E-state index in [1.54, 1.807) is 26.4 Å². The third kappa shape index (κ3) is 4.12. The summed E-state index contributed by atoms with van der Waals surface area (Å²) in [5.74, 6) is 0.242. The van der Waals surface area contributed by atoms with E-state index in [0.717, 1.165) is 16.0 Å². The number of pyridine rings is 1. The molecule has 0 aliphatic heterocycles. The monoisotopic (exact) mass is 461 g/mol. The van der Waals surface area contributed by atoms with Crippen molar-refractivity contribution in [2.45, 2.75) is 13.8 Å². The van der Waals surface area contributed by atoms with Gasteiger partial charge < -0.3 is 20.5 Å². The Hall–Kier alpha value is -3.91. The van der Waals surface area contributed by atoms with Gasteiger partial charge in [-0.3, -0.25) is 9.59 Å². The number of aromatic nitrogens is 1. The van der Waals surface area contributed by atoms with Crippen LogP contribution in [-0.4, -0.2) is 31.0 Å². The smallest absolute Gasteiger partial charge is 0.257 e. The average Bonchev–Trinajstić information content (AvgIpc) is 3.10. The highest BCUT2D eigenvalue weighted by molar-refractivity contribution is 7.16. The van der Waals surface area contributed by atoms with Crippen LogP contribution in [0.25, 0.3) is 22.2 Å². The zero-order chi connectivity index (χ0) is 23.7. The number of nitrogens with two attached hydrogens (primary N) is 1. The van der Waals surface area contributed by atoms with Gasteiger partial charge in [-0.15, -0.1) is 11.3 Å². The molecule has 0 radical (unpaired) electrons. The van der Waals surface area contributed by atoms with Crippen molar-refractivity contribution in [1.29, 1.82) is 0 Å². The fraction of sp³-hybridized carbons (Fsp3) is 0.160. The summed E-state index contributed by atoms with van der Waals surface area (Å²) < 4.78 is 10.7. The van der Waals surface area contributed by atoms with Gasteiger partial charge in [-0.25, -0.2) is 4.98 Å². The van der Waals surface area contributed by atoms with E-state index in [4.69, 9.17) is 20.2 Å². The third-order valence-electron chi connectivity index (χ3n) is 5.50. The van der Waals surface area contributed by atoms with Crippen molar-refractivity contribution in [1.82, 2.24) is 4.98 Å². The molecule has 4 rings (SSSR count). The van der Waals surface area contributed by atoms with Gasteiger partial charge >= 0.3 is 0 Å². The van der Waals surface area contributed by atoms with Crippen molar-refractivity contribution in [3.63, 3.8) is 0 Å². The summed E-state index contributed by atoms with van der Waals surface area (Å²) in [5.41, 5.74) is 9.16. The van der Waals surface area contributed by atoms with E-state index in [-0.39, 0.29) is 5.91 Å². The van der Waals surface area contributed by atoms with Crippen molar-refractivity contribution < 1.29 is 19.1 Å². The molecular formula is C25H23N3O4S. The number of methoxy groups -OCH3 is 2. The van der Waals surface area contributed by atoms with Gasteiger partial charge in [-0.1, -0.05) is 18.2 Å². The van der Waals surface area contributed by atoms with Crippen molar-refractivity contribution in [2.24, 2.45) is 5.73 Å². The summed E-state index contributed by atoms with van der Waals surface area (Å²) in [6, 6.07) is 14.6. The lowest BCUT2D eigenvalue weighted by atomic mass is 10.0. The molecule has 168 valence electrons. The minimum Gasteiger partial charge on any atom is -0.493 e. The molecule has 0 saturated heterocycles. The Morgan fingerprint density at radius 3 is 2.42 bits per heavy atom. The molecule has 0 aliphatic rings. The molecule has 4 aromatic rings. The first kappa shape index (κ1) is 22.3. The molecular weight excluding hydrogens is 438 g/mol. The second kappa shape index (κ2) is 8.91. The molecule has 0 atom stereocenters. The standard InChI is InChI=1S/C25H23N3O4S/c1-13-14(2)33-25(22(13)23(26)29)28-24(30)17-12-19(27-18-8-6-5-7-16(17)18)15-9-10-20(31-3)21(11-15)32-4/h5-12H,1-4H3,(H2,26,29)(H,28,30). The maximum Gasteiger partial charge on any atom is 0.257 e. The van der Waals surface area contributed by atoms with Crippen LogP contribution in [0.15, 0.2) is 48.5 Å². The fourth-order valence-electron chi connectivity index (χ4n) is 3.69. The quantitative estimate of drug-likeness (QED) is 0.423. The highest BCUT2D eigenvalue weighted by atomic mass is 32.1. The summed E-state index contributed by atoms with van der Waals surface area (Å²) in [6.45, 7) is 3.71. The minimum absolute atomic E-state index is 0.337. The number of carbonyl (C=O) groups excluding carboxylic acids is 2. The first-order valence-electron chi connectivity index (χ1n) is 10.2. The zero-order valence-electron chi connectivity index (χ0n) is 18.7. The Balaban J connectivity index is 1.82. The van der Waals surface area contributed by atoms with Gasteiger partial charge in [0.05, 0.1) is 36.6 Å². The van der Waals surface area contributed by atoms with Gasteiger partial charge in [0.2, 0.25) is 0 Å². The molecule has 2 aromatic carbocycles. The van der Waals surface area contributed by atoms with Crippen LogP contribution in [0.5, 0.6) is 11.5 Å². The van der Waals surface area contributed by atoms with Gasteiger partial charge in [0.15, 0.2) is 11.5 Å². The normalized spacial score (nSPS) is 10.8. The van der Waals surface area contributed by atoms with Crippen LogP contribution in [-0.2, 0) is 0 Å². The number of ether oxygens (including phenoxy) is 2. The Bertz CT molecular complexity index is 1390. The van der Waals surface area contributed by atoms with Crippen molar-refractivity contribution >= 4 is 39.1 Å². The van der Waals surface area contributed by atoms with Gasteiger partial charge in [-0.2, -0.15) is 0 Å². The second-order valence-corrected chi connectivity index (χ2v) is 8.67. The second-order valence-electron chi connectivity index (χ2n) is 7.45. The van der Waals surface area contributed by atoms with E-state index in [2.05, 4.69) is 5.32 Å². The first-order valence-corrected chi connectivity index (χ1v) is 11.0. The summed E-state index contributed by atoms with van der Waals surface area (Å²) in [6.07, 6.45) is 0. The van der Waals surface area contributed by atoms with Gasteiger partial charge in [0.1, 0.15) is 5.00 Å². The molecule has 3 N–H and O–H groups in total. The van der Waals surface area contributed by atoms with Crippen LogP contribution in [0, 0.1) is 13.8 Å². The van der Waals surface area contributed by atoms with Crippen LogP contribution in [0.1, 0.15) is 31.2 Å². The van der Waals surface area contributed by atoms with E-state index >= 15 is 0 Å². The number of benzene rings is 2. The lowest BCUT2D eigenvalue weighted by Crippen LogP contribution is -2.18. The number of thiophene rings is 1. The molecule has 0 fully saturated rings. The number of hydrogen-bond acceptors (Lipinski definition) is 6. The van der Waals surface area contributed by atoms with E-state index in [9.17, 15) is 9.59 Å². The van der Waals surface area contributed by atoms with Crippen molar-refractivity contribution in [2.75, 3.05) is 19.5 Å². The Kier molecular flexibility index (Phi) is 6.02. The largest absolute Gasteiger partial charge is 0.493 e. The lowest BCUT2D eigenvalue weighted by molar-refractivity contribution is 0.100. The number of fused-ring (bicyclic) bond motifs is 1. The van der Waals surface area contributed by atoms with Crippen LogP contribution < -0.4 is 20.5 Å². The molecule has 0 saturated carbocycles. The summed E-state index contributed by atoms with van der Waals surface area (Å²) >= 11 is 1.33. The number of nitrogens with one attached hydrogen (secondary N) is 1. The molecule has 0 bridgehead atoms. The molecule has 2 aromatic heterocycles. The summed E-state index contributed by atoms with van der Waals surface area (Å²) in [7, 11) is 3.14. The molecule has 0 aliphatic carbocycles. The highest BCUT2D eigenvalue weighted by Crippen LogP contribution is 2.35. The maximum atomic E-state index is 13.4. The zero-order valence-corrected chi connectivity index (χ0v) is 19.5. The lowest BCUT2D eigenvalue weighted by Gasteiger charge is -2.12. The number of hydrogen-bond donors (Lipinski definition) is 2. The number of amides is 2. The first-order chi connectivity index (χ1) is 15.8. The van der Waals surface area contributed by atoms with Crippen LogP contribution in [0.4, 0.5) is 5.00 Å². The van der Waals surface area contributed by atoms with E-state index in [1.165, 1.54) is 11.3 Å². The predicted molar refractivity (Wildman–Crippen MR) is 131 cm³/mol. The number of aryl methyl sites for hydroxylation is 1. The topological polar surface area (TPSA) is 104 Å². The SMILES string of the molecule is COc1ccc(-c2cc(C(=O)Nc3sc(C)c(C)c3C(N)=O)c3ccccc3n2)cc1OC. The number of anilines is 1. The van der Waals surface area contributed by atoms with E-state index < -0.39 is 5.91 Å². The van der Waals surface area contributed by atoms with Gasteiger partial charge in [0.25, 0.3) is 11.8 Å². The number of para-hydroxylation sites is 1. The Morgan fingerprint density at radius 1 is 1.00 bits per heavy atom. The number of rotatable bonds is 6. The Labute approximate surface area is 195 Å². The molecule has 2 amide bonds. The van der Waals surface area contributed by atoms with E-state index in [0.29, 0.717) is 44.2 Å². The Morgan fingerprint density at radius 2 is 1.73 bits per heavy atom. The maximum absolute atomic E-state index is 13.4. The average molecular weight is 462 g/mol. The van der Waals surface area contributed by atoms with Gasteiger partial charge in [0, 0.05) is 15.8 Å². The molecule has 0 spiro atoms. The van der Waals surface area contributed by atoms with Crippen molar-refractivity contribution in [3.8, 4) is 22.8 Å². The summed E-state index contributed by atoms with van der Waals surface area (Å²) in [5, 5.41) is 4.03. The molecule has 0 unspecified atom stereocenters. The molecule has 2 heterocycles.